The third-order valence-corrected chi connectivity index (χ3v) is 3.24. The zero-order chi connectivity index (χ0) is 17.6. The van der Waals surface area contributed by atoms with Crippen LogP contribution in [0.1, 0.15) is 38.7 Å². The van der Waals surface area contributed by atoms with E-state index in [9.17, 15) is 9.59 Å². The van der Waals surface area contributed by atoms with E-state index in [2.05, 4.69) is 6.07 Å². The summed E-state index contributed by atoms with van der Waals surface area (Å²) in [4.78, 5) is 23.9. The molecule has 1 fully saturated rings. The molecule has 0 radical (unpaired) electrons. The summed E-state index contributed by atoms with van der Waals surface area (Å²) in [5.41, 5.74) is 0.480. The number of nitriles is 1. The van der Waals surface area contributed by atoms with Gasteiger partial charge in [0.2, 0.25) is 0 Å². The molecule has 1 saturated heterocycles. The van der Waals surface area contributed by atoms with E-state index in [0.29, 0.717) is 24.3 Å². The number of cyclic esters (lactones) is 2. The molecule has 0 spiro atoms. The van der Waals surface area contributed by atoms with Crippen molar-refractivity contribution in [1.82, 2.24) is 0 Å². The first-order valence-corrected chi connectivity index (χ1v) is 7.69. The molecule has 0 N–H and O–H groups in total. The molecule has 24 heavy (non-hydrogen) atoms. The lowest BCUT2D eigenvalue weighted by Crippen LogP contribution is -2.41. The van der Waals surface area contributed by atoms with Crippen molar-refractivity contribution in [2.45, 2.75) is 38.9 Å². The van der Waals surface area contributed by atoms with Crippen molar-refractivity contribution in [2.75, 3.05) is 6.61 Å². The Balaban J connectivity index is 2.05. The number of hydrogen-bond acceptors (Lipinski definition) is 6. The summed E-state index contributed by atoms with van der Waals surface area (Å²) in [6.07, 6.45) is 3.50. The van der Waals surface area contributed by atoms with Gasteiger partial charge in [-0.3, -0.25) is 0 Å². The van der Waals surface area contributed by atoms with Crippen LogP contribution in [-0.2, 0) is 19.1 Å². The average Bonchev–Trinajstić information content (AvgIpc) is 2.50. The van der Waals surface area contributed by atoms with Crippen molar-refractivity contribution in [3.8, 4) is 11.8 Å². The highest BCUT2D eigenvalue weighted by atomic mass is 16.7. The Labute approximate surface area is 140 Å². The van der Waals surface area contributed by atoms with E-state index in [4.69, 9.17) is 19.5 Å². The van der Waals surface area contributed by atoms with Crippen LogP contribution in [0.15, 0.2) is 29.8 Å². The van der Waals surface area contributed by atoms with Gasteiger partial charge in [0.05, 0.1) is 12.7 Å². The van der Waals surface area contributed by atoms with Crippen LogP contribution in [0.3, 0.4) is 0 Å². The van der Waals surface area contributed by atoms with Gasteiger partial charge in [-0.2, -0.15) is 5.26 Å². The molecule has 6 nitrogen and oxygen atoms in total. The minimum Gasteiger partial charge on any atom is -0.494 e. The molecule has 0 saturated carbocycles. The van der Waals surface area contributed by atoms with Gasteiger partial charge in [-0.05, 0) is 36.6 Å². The molecule has 1 aliphatic rings. The predicted octanol–water partition coefficient (Wildman–Crippen LogP) is 2.98. The van der Waals surface area contributed by atoms with E-state index >= 15 is 0 Å². The average molecular weight is 329 g/mol. The number of carbonyl (C=O) groups is 2. The molecule has 1 aromatic rings. The molecular weight excluding hydrogens is 310 g/mol. The molecule has 0 aromatic heterocycles. The highest BCUT2D eigenvalue weighted by Crippen LogP contribution is 2.25. The number of rotatable bonds is 6. The van der Waals surface area contributed by atoms with Crippen molar-refractivity contribution in [3.05, 3.63) is 35.4 Å². The highest BCUT2D eigenvalue weighted by molar-refractivity contribution is 6.18. The second kappa shape index (κ2) is 7.64. The van der Waals surface area contributed by atoms with Crippen LogP contribution in [0.5, 0.6) is 5.75 Å². The first kappa shape index (κ1) is 17.5. The summed E-state index contributed by atoms with van der Waals surface area (Å²) >= 11 is 0. The Morgan fingerprint density at radius 1 is 1.21 bits per heavy atom. The highest BCUT2D eigenvalue weighted by Gasteiger charge is 2.38. The molecule has 126 valence electrons. The first-order chi connectivity index (χ1) is 11.4. The zero-order valence-corrected chi connectivity index (χ0v) is 13.7. The van der Waals surface area contributed by atoms with Crippen molar-refractivity contribution < 1.29 is 23.8 Å². The lowest BCUT2D eigenvalue weighted by molar-refractivity contribution is -0.222. The second-order valence-electron chi connectivity index (χ2n) is 5.77. The summed E-state index contributed by atoms with van der Waals surface area (Å²) in [5, 5.41) is 8.48. The Bertz CT molecular complexity index is 678. The number of nitrogens with zero attached hydrogens (tertiary/aromatic N) is 1. The van der Waals surface area contributed by atoms with Crippen LogP contribution < -0.4 is 4.74 Å². The van der Waals surface area contributed by atoms with E-state index in [1.807, 2.05) is 0 Å². The van der Waals surface area contributed by atoms with E-state index in [0.717, 1.165) is 12.8 Å². The molecule has 1 aromatic carbocycles. The van der Waals surface area contributed by atoms with Crippen molar-refractivity contribution >= 4 is 18.0 Å². The molecule has 1 heterocycles. The van der Waals surface area contributed by atoms with Gasteiger partial charge in [-0.15, -0.1) is 0 Å². The summed E-state index contributed by atoms with van der Waals surface area (Å²) in [5.74, 6) is -2.04. The Morgan fingerprint density at radius 2 is 1.92 bits per heavy atom. The second-order valence-corrected chi connectivity index (χ2v) is 5.77. The number of ether oxygens (including phenoxy) is 3. The van der Waals surface area contributed by atoms with E-state index < -0.39 is 17.7 Å². The fraction of sp³-hybridized carbons (Fsp3) is 0.389. The normalized spacial score (nSPS) is 16.0. The van der Waals surface area contributed by atoms with Gasteiger partial charge in [0.15, 0.2) is 0 Å². The van der Waals surface area contributed by atoms with Crippen molar-refractivity contribution in [2.24, 2.45) is 0 Å². The lowest BCUT2D eigenvalue weighted by atomic mass is 10.1. The third kappa shape index (κ3) is 4.85. The van der Waals surface area contributed by atoms with Gasteiger partial charge < -0.3 is 14.2 Å². The summed E-state index contributed by atoms with van der Waals surface area (Å²) in [6.45, 7) is 3.50. The SMILES string of the molecule is CC1(C)OC(=O)C(=Cc2cccc(OCCCCC#N)c2)C(=O)O1. The molecule has 0 bridgehead atoms. The van der Waals surface area contributed by atoms with Gasteiger partial charge in [0.25, 0.3) is 5.79 Å². The standard InChI is InChI=1S/C18H19NO5/c1-18(2)23-16(20)15(17(21)24-18)12-13-7-6-8-14(11-13)22-10-5-3-4-9-19/h6-8,11-12H,3-5,10H2,1-2H3. The molecule has 6 heteroatoms. The minimum atomic E-state index is -1.25. The summed E-state index contributed by atoms with van der Waals surface area (Å²) in [6, 6.07) is 9.10. The van der Waals surface area contributed by atoms with Crippen LogP contribution in [0.4, 0.5) is 0 Å². The van der Waals surface area contributed by atoms with Crippen LogP contribution in [0, 0.1) is 11.3 Å². The molecule has 0 unspecified atom stereocenters. The number of unbranched alkanes of at least 4 members (excludes halogenated alkanes) is 2. The van der Waals surface area contributed by atoms with Gasteiger partial charge in [0, 0.05) is 20.3 Å². The third-order valence-electron chi connectivity index (χ3n) is 3.24. The van der Waals surface area contributed by atoms with Crippen LogP contribution in [0.25, 0.3) is 6.08 Å². The molecule has 0 amide bonds. The van der Waals surface area contributed by atoms with E-state index in [-0.39, 0.29) is 5.57 Å². The zero-order valence-electron chi connectivity index (χ0n) is 13.7. The molecule has 0 atom stereocenters. The van der Waals surface area contributed by atoms with Crippen molar-refractivity contribution in [1.29, 1.82) is 5.26 Å². The molecule has 0 aliphatic carbocycles. The molecule has 1 aliphatic heterocycles. The van der Waals surface area contributed by atoms with Gasteiger partial charge >= 0.3 is 11.9 Å². The molecule has 2 rings (SSSR count). The van der Waals surface area contributed by atoms with Crippen LogP contribution in [0.2, 0.25) is 0 Å². The maximum atomic E-state index is 11.9. The fourth-order valence-electron chi connectivity index (χ4n) is 2.14. The number of hydrogen-bond donors (Lipinski definition) is 0. The monoisotopic (exact) mass is 329 g/mol. The topological polar surface area (TPSA) is 85.6 Å². The maximum absolute atomic E-state index is 11.9. The van der Waals surface area contributed by atoms with E-state index in [1.165, 1.54) is 19.9 Å². The van der Waals surface area contributed by atoms with Crippen molar-refractivity contribution in [3.63, 3.8) is 0 Å². The number of esters is 2. The Hall–Kier alpha value is -2.81. The quantitative estimate of drug-likeness (QED) is 0.345. The summed E-state index contributed by atoms with van der Waals surface area (Å²) in [7, 11) is 0. The fourth-order valence-corrected chi connectivity index (χ4v) is 2.14. The smallest absolute Gasteiger partial charge is 0.348 e. The Kier molecular flexibility index (Phi) is 5.59. The lowest BCUT2D eigenvalue weighted by Gasteiger charge is -2.29. The Morgan fingerprint density at radius 3 is 2.58 bits per heavy atom. The number of carbonyl (C=O) groups excluding carboxylic acids is 2. The van der Waals surface area contributed by atoms with Gasteiger partial charge in [0.1, 0.15) is 11.3 Å². The maximum Gasteiger partial charge on any atom is 0.348 e. The number of benzene rings is 1. The first-order valence-electron chi connectivity index (χ1n) is 7.69. The van der Waals surface area contributed by atoms with Crippen LogP contribution >= 0.6 is 0 Å². The van der Waals surface area contributed by atoms with Crippen LogP contribution in [-0.4, -0.2) is 24.3 Å². The van der Waals surface area contributed by atoms with E-state index in [1.54, 1.807) is 24.3 Å². The molecular formula is C18H19NO5. The van der Waals surface area contributed by atoms with Gasteiger partial charge in [-0.25, -0.2) is 9.59 Å². The van der Waals surface area contributed by atoms with Gasteiger partial charge in [-0.1, -0.05) is 12.1 Å². The minimum absolute atomic E-state index is 0.152. The predicted molar refractivity (Wildman–Crippen MR) is 85.6 cm³/mol. The largest absolute Gasteiger partial charge is 0.494 e. The summed E-state index contributed by atoms with van der Waals surface area (Å²) < 4.78 is 15.7.